The third-order valence-corrected chi connectivity index (χ3v) is 12.0. The van der Waals surface area contributed by atoms with Gasteiger partial charge in [-0.15, -0.1) is 0 Å². The Morgan fingerprint density at radius 3 is 2.35 bits per heavy atom. The van der Waals surface area contributed by atoms with Crippen LogP contribution in [0.3, 0.4) is 0 Å². The van der Waals surface area contributed by atoms with Gasteiger partial charge in [-0.2, -0.15) is 0 Å². The molecule has 0 radical (unpaired) electrons. The van der Waals surface area contributed by atoms with Crippen LogP contribution in [0.1, 0.15) is 119 Å². The van der Waals surface area contributed by atoms with Crippen LogP contribution in [0.2, 0.25) is 0 Å². The van der Waals surface area contributed by atoms with Gasteiger partial charge in [0.2, 0.25) is 0 Å². The number of phosphoric acid groups is 1. The lowest BCUT2D eigenvalue weighted by molar-refractivity contribution is -0.0920. The lowest BCUT2D eigenvalue weighted by Gasteiger charge is -2.62. The molecule has 6 atom stereocenters. The quantitative estimate of drug-likeness (QED) is 0.222. The highest BCUT2D eigenvalue weighted by atomic mass is 31.2. The van der Waals surface area contributed by atoms with E-state index in [1.165, 1.54) is 50.5 Å². The molecule has 194 valence electrons. The van der Waals surface area contributed by atoms with Crippen molar-refractivity contribution < 1.29 is 18.9 Å². The molecular weight excluding hydrogens is 443 g/mol. The normalized spacial score (nSPS) is 41.5. The van der Waals surface area contributed by atoms with Crippen LogP contribution in [-0.2, 0) is 9.09 Å². The summed E-state index contributed by atoms with van der Waals surface area (Å²) in [6.45, 7) is 16.5. The molecule has 0 amide bonds. The Morgan fingerprint density at radius 1 is 1.00 bits per heavy atom. The Balaban J connectivity index is 1.60. The fraction of sp³-hybridized carbons (Fsp3) is 0.862. The number of rotatable bonds is 6. The van der Waals surface area contributed by atoms with Crippen molar-refractivity contribution in [3.05, 3.63) is 22.8 Å². The second kappa shape index (κ2) is 8.86. The number of allylic oxidation sites excluding steroid dienone is 4. The molecule has 5 heteroatoms. The minimum atomic E-state index is -4.49. The van der Waals surface area contributed by atoms with Gasteiger partial charge in [-0.3, -0.25) is 4.52 Å². The molecular formula is C29H49O4P. The summed E-state index contributed by atoms with van der Waals surface area (Å²) >= 11 is 0. The molecule has 0 aromatic heterocycles. The Bertz CT molecular complexity index is 909. The van der Waals surface area contributed by atoms with Crippen molar-refractivity contribution in [2.24, 2.45) is 33.5 Å². The maximum atomic E-state index is 11.7. The third kappa shape index (κ3) is 4.23. The van der Waals surface area contributed by atoms with Crippen molar-refractivity contribution in [1.82, 2.24) is 0 Å². The third-order valence-electron chi connectivity index (χ3n) is 11.4. The highest BCUT2D eigenvalue weighted by Crippen LogP contribution is 2.72. The summed E-state index contributed by atoms with van der Waals surface area (Å²) in [6, 6.07) is 0. The Morgan fingerprint density at radius 2 is 1.71 bits per heavy atom. The Labute approximate surface area is 208 Å². The molecule has 4 aliphatic carbocycles. The highest BCUT2D eigenvalue weighted by Gasteiger charge is 2.63. The largest absolute Gasteiger partial charge is 0.469 e. The van der Waals surface area contributed by atoms with Crippen LogP contribution in [0.4, 0.5) is 0 Å². The average Bonchev–Trinajstić information content (AvgIpc) is 2.98. The van der Waals surface area contributed by atoms with E-state index in [0.29, 0.717) is 16.7 Å². The zero-order valence-electron chi connectivity index (χ0n) is 22.7. The first-order valence-electron chi connectivity index (χ1n) is 13.8. The van der Waals surface area contributed by atoms with E-state index >= 15 is 0 Å². The van der Waals surface area contributed by atoms with E-state index in [0.717, 1.165) is 31.6 Å². The Kier molecular flexibility index (Phi) is 6.94. The lowest BCUT2D eigenvalue weighted by atomic mass is 9.43. The van der Waals surface area contributed by atoms with E-state index in [2.05, 4.69) is 54.5 Å². The number of fused-ring (bicyclic) bond motifs is 4. The van der Waals surface area contributed by atoms with Gasteiger partial charge in [0.1, 0.15) is 0 Å². The van der Waals surface area contributed by atoms with Crippen LogP contribution in [0, 0.1) is 33.5 Å². The van der Waals surface area contributed by atoms with Crippen molar-refractivity contribution in [3.63, 3.8) is 0 Å². The highest BCUT2D eigenvalue weighted by molar-refractivity contribution is 7.46. The predicted octanol–water partition coefficient (Wildman–Crippen LogP) is 8.35. The fourth-order valence-electron chi connectivity index (χ4n) is 9.35. The number of hydrogen-bond donors (Lipinski definition) is 2. The van der Waals surface area contributed by atoms with E-state index in [4.69, 9.17) is 4.52 Å². The molecule has 0 aromatic carbocycles. The molecule has 0 bridgehead atoms. The zero-order valence-corrected chi connectivity index (χ0v) is 23.6. The summed E-state index contributed by atoms with van der Waals surface area (Å²) in [5, 5.41) is 0. The van der Waals surface area contributed by atoms with E-state index < -0.39 is 7.82 Å². The lowest BCUT2D eigenvalue weighted by Crippen LogP contribution is -2.55. The first-order chi connectivity index (χ1) is 15.7. The van der Waals surface area contributed by atoms with Crippen LogP contribution in [0.25, 0.3) is 0 Å². The maximum absolute atomic E-state index is 11.7. The van der Waals surface area contributed by atoms with Crippen molar-refractivity contribution >= 4 is 7.82 Å². The maximum Gasteiger partial charge on any atom is 0.469 e. The summed E-state index contributed by atoms with van der Waals surface area (Å²) < 4.78 is 17.0. The summed E-state index contributed by atoms with van der Waals surface area (Å²) in [5.41, 5.74) is 5.50. The van der Waals surface area contributed by atoms with Crippen molar-refractivity contribution in [2.45, 2.75) is 125 Å². The Hall–Kier alpha value is -0.410. The summed E-state index contributed by atoms with van der Waals surface area (Å²) in [5.74, 6) is 1.23. The van der Waals surface area contributed by atoms with Crippen LogP contribution in [0.15, 0.2) is 22.8 Å². The van der Waals surface area contributed by atoms with E-state index in [1.807, 2.05) is 0 Å². The first-order valence-corrected chi connectivity index (χ1v) is 15.3. The number of hydrogen-bond acceptors (Lipinski definition) is 2. The SMILES string of the molecule is CC(C)=CCCC[C@H]1CC[C@@]2(C)C3=C(CC[C@]12C)[C@@]1(C)CC[C@H](OP(=O)(O)O)C(C)(C)[C@@H]1CC3. The van der Waals surface area contributed by atoms with Crippen LogP contribution in [-0.4, -0.2) is 15.9 Å². The topological polar surface area (TPSA) is 66.8 Å². The monoisotopic (exact) mass is 492 g/mol. The van der Waals surface area contributed by atoms with Crippen molar-refractivity contribution in [1.29, 1.82) is 0 Å². The van der Waals surface area contributed by atoms with Gasteiger partial charge in [0.05, 0.1) is 6.10 Å². The van der Waals surface area contributed by atoms with Gasteiger partial charge in [-0.1, -0.05) is 57.4 Å². The molecule has 0 aromatic rings. The van der Waals surface area contributed by atoms with Crippen LogP contribution in [0.5, 0.6) is 0 Å². The molecule has 2 N–H and O–H groups in total. The van der Waals surface area contributed by atoms with Gasteiger partial charge >= 0.3 is 7.82 Å². The molecule has 0 unspecified atom stereocenters. The van der Waals surface area contributed by atoms with E-state index in [-0.39, 0.29) is 16.9 Å². The summed E-state index contributed by atoms with van der Waals surface area (Å²) in [4.78, 5) is 19.0. The smallest absolute Gasteiger partial charge is 0.303 e. The number of phosphoric ester groups is 1. The zero-order chi connectivity index (χ0) is 25.2. The van der Waals surface area contributed by atoms with E-state index in [1.54, 1.807) is 11.1 Å². The fourth-order valence-corrected chi connectivity index (χ4v) is 10.1. The van der Waals surface area contributed by atoms with Crippen molar-refractivity contribution in [2.75, 3.05) is 0 Å². The molecule has 4 aliphatic rings. The first kappa shape index (κ1) is 26.6. The van der Waals surface area contributed by atoms with Gasteiger partial charge in [0.15, 0.2) is 0 Å². The second-order valence-electron chi connectivity index (χ2n) is 13.6. The molecule has 0 spiro atoms. The molecule has 0 saturated heterocycles. The predicted molar refractivity (Wildman–Crippen MR) is 139 cm³/mol. The molecule has 2 fully saturated rings. The molecule has 4 nitrogen and oxygen atoms in total. The van der Waals surface area contributed by atoms with Crippen molar-refractivity contribution in [3.8, 4) is 0 Å². The summed E-state index contributed by atoms with van der Waals surface area (Å²) in [7, 11) is -4.49. The molecule has 4 rings (SSSR count). The molecule has 0 heterocycles. The minimum absolute atomic E-state index is 0.123. The summed E-state index contributed by atoms with van der Waals surface area (Å²) in [6.07, 6.45) is 15.0. The van der Waals surface area contributed by atoms with Crippen LogP contribution >= 0.6 is 7.82 Å². The van der Waals surface area contributed by atoms with Gasteiger partial charge < -0.3 is 9.79 Å². The van der Waals surface area contributed by atoms with Gasteiger partial charge in [-0.05, 0) is 118 Å². The molecule has 0 aliphatic heterocycles. The molecule has 34 heavy (non-hydrogen) atoms. The standard InChI is InChI=1S/C29H49O4P/c1-20(2)10-8-9-11-21-14-18-29(7)23-12-13-24-26(3,4)25(33-34(30,31)32)16-17-27(24,5)22(23)15-19-28(21,29)6/h10,21,24-25H,8-9,11-19H2,1-7H3,(H2,30,31,32)/t21-,24-,25-,27+,28+,29-/m0/s1. The average molecular weight is 493 g/mol. The second-order valence-corrected chi connectivity index (χ2v) is 14.8. The minimum Gasteiger partial charge on any atom is -0.303 e. The van der Waals surface area contributed by atoms with Gasteiger partial charge in [-0.25, -0.2) is 4.57 Å². The van der Waals surface area contributed by atoms with E-state index in [9.17, 15) is 14.4 Å². The van der Waals surface area contributed by atoms with Crippen LogP contribution < -0.4 is 0 Å². The van der Waals surface area contributed by atoms with Gasteiger partial charge in [0, 0.05) is 0 Å². The number of unbranched alkanes of at least 4 members (excludes halogenated alkanes) is 1. The van der Waals surface area contributed by atoms with Gasteiger partial charge in [0.25, 0.3) is 0 Å². The molecule has 2 saturated carbocycles.